The van der Waals surface area contributed by atoms with Gasteiger partial charge < -0.3 is 10.2 Å². The van der Waals surface area contributed by atoms with Gasteiger partial charge in [0.15, 0.2) is 0 Å². The fourth-order valence-corrected chi connectivity index (χ4v) is 3.98. The monoisotopic (exact) mass is 507 g/mol. The van der Waals surface area contributed by atoms with Crippen LogP contribution in [-0.2, 0) is 9.59 Å². The van der Waals surface area contributed by atoms with Crippen molar-refractivity contribution < 1.29 is 23.6 Å². The number of nitrogens with one attached hydrogen (secondary N) is 2. The number of rotatable bonds is 5. The summed E-state index contributed by atoms with van der Waals surface area (Å²) in [6.07, 6.45) is 13.8. The van der Waals surface area contributed by atoms with Crippen molar-refractivity contribution in [2.45, 2.75) is 6.92 Å². The van der Waals surface area contributed by atoms with Gasteiger partial charge in [0.05, 0.1) is 16.1 Å². The van der Waals surface area contributed by atoms with E-state index in [2.05, 4.69) is 10.6 Å². The summed E-state index contributed by atoms with van der Waals surface area (Å²) in [7, 11) is 0. The predicted octanol–water partition coefficient (Wildman–Crippen LogP) is 5.25. The van der Waals surface area contributed by atoms with E-state index in [1.165, 1.54) is 0 Å². The highest BCUT2D eigenvalue weighted by atomic mass is 32.2. The van der Waals surface area contributed by atoms with Crippen LogP contribution < -0.4 is 16.4 Å². The van der Waals surface area contributed by atoms with Crippen LogP contribution in [0.25, 0.3) is 12.2 Å². The van der Waals surface area contributed by atoms with Crippen LogP contribution in [0.2, 0.25) is 0 Å². The van der Waals surface area contributed by atoms with E-state index in [1.807, 2.05) is 55.5 Å². The van der Waals surface area contributed by atoms with Gasteiger partial charge in [-0.15, -0.1) is 0 Å². The van der Waals surface area contributed by atoms with Crippen molar-refractivity contribution in [2.24, 2.45) is 0 Å². The predicted molar refractivity (Wildman–Crippen MR) is 140 cm³/mol. The summed E-state index contributed by atoms with van der Waals surface area (Å²) in [6, 6.07) is 11.0. The molecule has 2 saturated heterocycles. The number of furan rings is 1. The molecule has 4 amide bonds. The number of carbonyl (C=O) groups excluding carboxylic acids is 4. The van der Waals surface area contributed by atoms with Crippen LogP contribution in [0, 0.1) is 0 Å². The van der Waals surface area contributed by atoms with Crippen molar-refractivity contribution in [1.29, 1.82) is 0 Å². The first kappa shape index (κ1) is 25.6. The van der Waals surface area contributed by atoms with Crippen LogP contribution in [0.1, 0.15) is 18.2 Å². The molecule has 4 N–H and O–H groups in total. The van der Waals surface area contributed by atoms with Crippen LogP contribution in [0.4, 0.5) is 15.3 Å². The maximum Gasteiger partial charge on any atom is 0.290 e. The molecule has 10 heteroatoms. The summed E-state index contributed by atoms with van der Waals surface area (Å²) in [4.78, 5) is 45.0. The molecule has 2 aromatic rings. The quantitative estimate of drug-likeness (QED) is 0.284. The van der Waals surface area contributed by atoms with Gasteiger partial charge in [0.25, 0.3) is 22.3 Å². The number of amides is 4. The Morgan fingerprint density at radius 3 is 2.11 bits per heavy atom. The first-order chi connectivity index (χ1) is 16.8. The highest BCUT2D eigenvalue weighted by molar-refractivity contribution is 8.18. The third kappa shape index (κ3) is 8.36. The van der Waals surface area contributed by atoms with E-state index in [9.17, 15) is 19.2 Å². The molecule has 0 spiro atoms. The summed E-state index contributed by atoms with van der Waals surface area (Å²) in [5, 5.41) is 3.72. The van der Waals surface area contributed by atoms with Crippen molar-refractivity contribution >= 4 is 63.7 Å². The second-order valence-corrected chi connectivity index (χ2v) is 9.07. The topological polar surface area (TPSA) is 132 Å². The fourth-order valence-electron chi connectivity index (χ4n) is 2.71. The average molecular weight is 508 g/mol. The molecular formula is C25H21N3O5S2. The zero-order valence-electron chi connectivity index (χ0n) is 18.5. The maximum atomic E-state index is 11.2. The average Bonchev–Trinajstić information content (AvgIpc) is 3.50. The number of hydrogen-bond acceptors (Lipinski definition) is 8. The fraction of sp³-hybridized carbons (Fsp3) is 0.0400. The van der Waals surface area contributed by atoms with Gasteiger partial charge >= 0.3 is 0 Å². The zero-order chi connectivity index (χ0) is 25.2. The van der Waals surface area contributed by atoms with Gasteiger partial charge in [0.1, 0.15) is 5.76 Å². The van der Waals surface area contributed by atoms with E-state index in [4.69, 9.17) is 10.2 Å². The molecule has 0 saturated carbocycles. The van der Waals surface area contributed by atoms with Crippen molar-refractivity contribution in [3.63, 3.8) is 0 Å². The van der Waals surface area contributed by atoms with Crippen molar-refractivity contribution in [2.75, 3.05) is 5.73 Å². The lowest BCUT2D eigenvalue weighted by atomic mass is 10.2. The number of anilines is 1. The lowest BCUT2D eigenvalue weighted by Crippen LogP contribution is -2.17. The molecule has 8 nitrogen and oxygen atoms in total. The maximum absolute atomic E-state index is 11.2. The normalized spacial score (nSPS) is 18.5. The lowest BCUT2D eigenvalue weighted by molar-refractivity contribution is -0.116. The number of hydrogen-bond donors (Lipinski definition) is 3. The van der Waals surface area contributed by atoms with Gasteiger partial charge in [0.2, 0.25) is 0 Å². The number of benzene rings is 1. The first-order valence-electron chi connectivity index (χ1n) is 10.2. The van der Waals surface area contributed by atoms with Gasteiger partial charge in [-0.2, -0.15) is 0 Å². The third-order valence-electron chi connectivity index (χ3n) is 4.25. The smallest absolute Gasteiger partial charge is 0.290 e. The number of thioether (sulfide) groups is 2. The van der Waals surface area contributed by atoms with E-state index >= 15 is 0 Å². The molecule has 2 fully saturated rings. The molecule has 35 heavy (non-hydrogen) atoms. The van der Waals surface area contributed by atoms with Crippen LogP contribution >= 0.6 is 23.5 Å². The van der Waals surface area contributed by atoms with Crippen LogP contribution in [0.3, 0.4) is 0 Å². The summed E-state index contributed by atoms with van der Waals surface area (Å²) in [6.45, 7) is 1.92. The molecule has 0 atom stereocenters. The molecule has 0 aliphatic carbocycles. The Labute approximate surface area is 210 Å². The first-order valence-corrected chi connectivity index (χ1v) is 11.8. The third-order valence-corrected chi connectivity index (χ3v) is 5.91. The Hall–Kier alpha value is -4.02. The Morgan fingerprint density at radius 2 is 1.57 bits per heavy atom. The second-order valence-electron chi connectivity index (χ2n) is 7.04. The number of allylic oxidation sites excluding steroid dienone is 6. The Balaban J connectivity index is 0.000000196. The van der Waals surface area contributed by atoms with Gasteiger partial charge in [0, 0.05) is 5.69 Å². The van der Waals surface area contributed by atoms with Gasteiger partial charge in [-0.25, -0.2) is 0 Å². The highest BCUT2D eigenvalue weighted by Gasteiger charge is 2.24. The molecule has 2 aliphatic heterocycles. The SMILES string of the molecule is CC(C=CC=C1SC(=O)NC1=O)=Cc1ccco1.Nc1cccc(C=CC=C2SC(=O)NC2=O)c1. The summed E-state index contributed by atoms with van der Waals surface area (Å²) in [5.41, 5.74) is 8.24. The van der Waals surface area contributed by atoms with E-state index in [0.29, 0.717) is 15.5 Å². The molecule has 1 aromatic heterocycles. The van der Waals surface area contributed by atoms with Gasteiger partial charge in [-0.05, 0) is 84.1 Å². The van der Waals surface area contributed by atoms with Gasteiger partial charge in [-0.3, -0.25) is 29.8 Å². The molecular weight excluding hydrogens is 486 g/mol. The van der Waals surface area contributed by atoms with Crippen molar-refractivity contribution in [3.8, 4) is 0 Å². The van der Waals surface area contributed by atoms with E-state index in [-0.39, 0.29) is 22.3 Å². The lowest BCUT2D eigenvalue weighted by Gasteiger charge is -1.94. The number of nitrogen functional groups attached to an aromatic ring is 1. The summed E-state index contributed by atoms with van der Waals surface area (Å²) in [5.74, 6) is 0.0764. The highest BCUT2D eigenvalue weighted by Crippen LogP contribution is 2.23. The molecule has 0 radical (unpaired) electrons. The van der Waals surface area contributed by atoms with Crippen LogP contribution in [0.15, 0.2) is 92.8 Å². The molecule has 178 valence electrons. The van der Waals surface area contributed by atoms with E-state index in [1.54, 1.807) is 36.6 Å². The summed E-state index contributed by atoms with van der Waals surface area (Å²) < 4.78 is 5.18. The van der Waals surface area contributed by atoms with E-state index < -0.39 is 0 Å². The van der Waals surface area contributed by atoms with Crippen molar-refractivity contribution in [1.82, 2.24) is 10.6 Å². The molecule has 1 aromatic carbocycles. The second kappa shape index (κ2) is 12.4. The minimum Gasteiger partial charge on any atom is -0.465 e. The van der Waals surface area contributed by atoms with Crippen molar-refractivity contribution in [3.05, 3.63) is 99.7 Å². The Bertz CT molecular complexity index is 1290. The Morgan fingerprint density at radius 1 is 0.914 bits per heavy atom. The number of carbonyl (C=O) groups is 4. The summed E-state index contributed by atoms with van der Waals surface area (Å²) >= 11 is 1.80. The largest absolute Gasteiger partial charge is 0.465 e. The van der Waals surface area contributed by atoms with Gasteiger partial charge in [-0.1, -0.05) is 36.4 Å². The molecule has 3 heterocycles. The van der Waals surface area contributed by atoms with Crippen LogP contribution in [0.5, 0.6) is 0 Å². The molecule has 4 rings (SSSR count). The van der Waals surface area contributed by atoms with Crippen LogP contribution in [-0.4, -0.2) is 22.3 Å². The number of imide groups is 2. The minimum atomic E-state index is -0.350. The number of nitrogens with two attached hydrogens (primary N) is 1. The molecule has 0 bridgehead atoms. The molecule has 0 unspecified atom stereocenters. The minimum absolute atomic E-state index is 0.331. The molecule has 2 aliphatic rings. The zero-order valence-corrected chi connectivity index (χ0v) is 20.2. The standard InChI is InChI=1S/C13H11NO3S.C12H10N2O2S/c1-9(8-10-5-3-7-17-10)4-2-6-11-12(15)14-13(16)18-11;13-9-5-1-3-8(7-9)4-2-6-10-11(15)14-12(16)17-10/h2-8H,1H3,(H,14,15,16);1-7H,13H2,(H,14,15,16). The van der Waals surface area contributed by atoms with E-state index in [0.717, 1.165) is 40.4 Å². The Kier molecular flexibility index (Phi) is 9.10.